The van der Waals surface area contributed by atoms with E-state index in [9.17, 15) is 4.79 Å². The molecule has 0 saturated carbocycles. The Bertz CT molecular complexity index is 998. The minimum Gasteiger partial charge on any atom is -0.494 e. The summed E-state index contributed by atoms with van der Waals surface area (Å²) in [6.07, 6.45) is 1.75. The van der Waals surface area contributed by atoms with Crippen molar-refractivity contribution in [1.29, 1.82) is 0 Å². The van der Waals surface area contributed by atoms with Crippen LogP contribution in [0.25, 0.3) is 11.3 Å². The number of carbonyl (C=O) groups excluding carboxylic acids is 1. The van der Waals surface area contributed by atoms with Gasteiger partial charge in [-0.3, -0.25) is 4.79 Å². The molecule has 0 aliphatic carbocycles. The van der Waals surface area contributed by atoms with Gasteiger partial charge < -0.3 is 14.4 Å². The normalized spacial score (nSPS) is 13.2. The Hall–Kier alpha value is -2.86. The predicted molar refractivity (Wildman–Crippen MR) is 116 cm³/mol. The molecule has 0 fully saturated rings. The van der Waals surface area contributed by atoms with Crippen LogP contribution in [0.5, 0.6) is 11.5 Å². The fraction of sp³-hybridized carbons (Fsp3) is 0.304. The van der Waals surface area contributed by atoms with Gasteiger partial charge in [0.15, 0.2) is 6.61 Å². The van der Waals surface area contributed by atoms with E-state index in [0.29, 0.717) is 13.2 Å². The number of thiazole rings is 1. The molecule has 0 radical (unpaired) electrons. The SMILES string of the molecule is CCc1ccc(OCCCN2C(=O)COc3ccc(-c4csc(C)n4)cc32)cc1. The van der Waals surface area contributed by atoms with E-state index >= 15 is 0 Å². The van der Waals surface area contributed by atoms with Crippen LogP contribution >= 0.6 is 11.3 Å². The summed E-state index contributed by atoms with van der Waals surface area (Å²) in [7, 11) is 0. The van der Waals surface area contributed by atoms with Gasteiger partial charge in [-0.15, -0.1) is 11.3 Å². The van der Waals surface area contributed by atoms with Crippen LogP contribution < -0.4 is 14.4 Å². The maximum atomic E-state index is 12.5. The Labute approximate surface area is 174 Å². The van der Waals surface area contributed by atoms with Gasteiger partial charge in [0.25, 0.3) is 5.91 Å². The number of benzene rings is 2. The number of hydrogen-bond acceptors (Lipinski definition) is 5. The minimum atomic E-state index is -0.0311. The number of rotatable bonds is 7. The Kier molecular flexibility index (Phi) is 5.81. The van der Waals surface area contributed by atoms with Crippen LogP contribution in [0.1, 0.15) is 23.9 Å². The molecule has 6 heteroatoms. The maximum Gasteiger partial charge on any atom is 0.265 e. The standard InChI is InChI=1S/C23H24N2O3S/c1-3-17-5-8-19(9-6-17)27-12-4-11-25-21-13-18(20-15-29-16(2)24-20)7-10-22(21)28-14-23(25)26/h5-10,13,15H,3-4,11-12,14H2,1-2H3. The molecule has 0 spiro atoms. The van der Waals surface area contributed by atoms with E-state index in [1.807, 2.05) is 42.6 Å². The molecular formula is C23H24N2O3S. The summed E-state index contributed by atoms with van der Waals surface area (Å²) in [5.74, 6) is 1.56. The van der Waals surface area contributed by atoms with Crippen LogP contribution in [0, 0.1) is 6.92 Å². The molecule has 1 aliphatic heterocycles. The van der Waals surface area contributed by atoms with Gasteiger partial charge in [0.05, 0.1) is 23.0 Å². The lowest BCUT2D eigenvalue weighted by atomic mass is 10.1. The van der Waals surface area contributed by atoms with Crippen molar-refractivity contribution in [3.05, 3.63) is 58.4 Å². The number of ether oxygens (including phenoxy) is 2. The molecule has 5 nitrogen and oxygen atoms in total. The number of aryl methyl sites for hydroxylation is 2. The molecule has 150 valence electrons. The molecule has 0 unspecified atom stereocenters. The lowest BCUT2D eigenvalue weighted by Gasteiger charge is -2.29. The van der Waals surface area contributed by atoms with Crippen LogP contribution in [0.3, 0.4) is 0 Å². The smallest absolute Gasteiger partial charge is 0.265 e. The highest BCUT2D eigenvalue weighted by molar-refractivity contribution is 7.09. The molecule has 0 bridgehead atoms. The molecule has 0 atom stereocenters. The maximum absolute atomic E-state index is 12.5. The summed E-state index contributed by atoms with van der Waals surface area (Å²) in [5.41, 5.74) is 4.01. The molecule has 0 N–H and O–H groups in total. The molecule has 1 aliphatic rings. The summed E-state index contributed by atoms with van der Waals surface area (Å²) in [6.45, 7) is 5.33. The fourth-order valence-corrected chi connectivity index (χ4v) is 3.96. The predicted octanol–water partition coefficient (Wildman–Crippen LogP) is 4.88. The van der Waals surface area contributed by atoms with Gasteiger partial charge in [-0.05, 0) is 55.7 Å². The average Bonchev–Trinajstić information content (AvgIpc) is 3.19. The summed E-state index contributed by atoms with van der Waals surface area (Å²) in [4.78, 5) is 18.8. The molecule has 1 amide bonds. The molecule has 2 heterocycles. The van der Waals surface area contributed by atoms with E-state index < -0.39 is 0 Å². The molecule has 4 rings (SSSR count). The number of aromatic nitrogens is 1. The third-order valence-electron chi connectivity index (χ3n) is 4.94. The van der Waals surface area contributed by atoms with Crippen molar-refractivity contribution in [3.63, 3.8) is 0 Å². The van der Waals surface area contributed by atoms with Crippen molar-refractivity contribution in [3.8, 4) is 22.8 Å². The van der Waals surface area contributed by atoms with Crippen LogP contribution in [0.4, 0.5) is 5.69 Å². The van der Waals surface area contributed by atoms with E-state index in [1.54, 1.807) is 16.2 Å². The zero-order valence-electron chi connectivity index (χ0n) is 16.7. The number of fused-ring (bicyclic) bond motifs is 1. The summed E-state index contributed by atoms with van der Waals surface area (Å²) in [5, 5.41) is 3.05. The van der Waals surface area contributed by atoms with Crippen molar-refractivity contribution < 1.29 is 14.3 Å². The second-order valence-electron chi connectivity index (χ2n) is 6.97. The Balaban J connectivity index is 1.43. The van der Waals surface area contributed by atoms with Gasteiger partial charge >= 0.3 is 0 Å². The van der Waals surface area contributed by atoms with E-state index in [-0.39, 0.29) is 12.5 Å². The number of anilines is 1. The highest BCUT2D eigenvalue weighted by Gasteiger charge is 2.25. The lowest BCUT2D eigenvalue weighted by molar-refractivity contribution is -0.121. The molecule has 1 aromatic heterocycles. The quantitative estimate of drug-likeness (QED) is 0.523. The first-order chi connectivity index (χ1) is 14.1. The molecule has 2 aromatic carbocycles. The van der Waals surface area contributed by atoms with Crippen molar-refractivity contribution in [1.82, 2.24) is 4.98 Å². The third-order valence-corrected chi connectivity index (χ3v) is 5.72. The lowest BCUT2D eigenvalue weighted by Crippen LogP contribution is -2.39. The molecule has 0 saturated heterocycles. The van der Waals surface area contributed by atoms with Gasteiger partial charge in [0.2, 0.25) is 0 Å². The summed E-state index contributed by atoms with van der Waals surface area (Å²) < 4.78 is 11.5. The third kappa shape index (κ3) is 4.43. The zero-order chi connectivity index (χ0) is 20.2. The number of hydrogen-bond donors (Lipinski definition) is 0. The summed E-state index contributed by atoms with van der Waals surface area (Å²) in [6, 6.07) is 14.1. The van der Waals surface area contributed by atoms with Crippen LogP contribution in [-0.4, -0.2) is 30.6 Å². The van der Waals surface area contributed by atoms with Crippen molar-refractivity contribution in [2.75, 3.05) is 24.7 Å². The van der Waals surface area contributed by atoms with Crippen LogP contribution in [0.2, 0.25) is 0 Å². The Morgan fingerprint density at radius 3 is 2.76 bits per heavy atom. The monoisotopic (exact) mass is 408 g/mol. The van der Waals surface area contributed by atoms with Crippen LogP contribution in [-0.2, 0) is 11.2 Å². The Morgan fingerprint density at radius 2 is 2.03 bits per heavy atom. The second kappa shape index (κ2) is 8.66. The largest absolute Gasteiger partial charge is 0.494 e. The first kappa shape index (κ1) is 19.5. The van der Waals surface area contributed by atoms with Gasteiger partial charge in [-0.2, -0.15) is 0 Å². The van der Waals surface area contributed by atoms with Gasteiger partial charge in [0, 0.05) is 17.5 Å². The highest BCUT2D eigenvalue weighted by Crippen LogP contribution is 2.36. The number of carbonyl (C=O) groups is 1. The first-order valence-corrected chi connectivity index (χ1v) is 10.7. The first-order valence-electron chi connectivity index (χ1n) is 9.85. The zero-order valence-corrected chi connectivity index (χ0v) is 17.5. The molecule has 29 heavy (non-hydrogen) atoms. The Morgan fingerprint density at radius 1 is 1.21 bits per heavy atom. The van der Waals surface area contributed by atoms with Gasteiger partial charge in [-0.25, -0.2) is 4.98 Å². The highest BCUT2D eigenvalue weighted by atomic mass is 32.1. The van der Waals surface area contributed by atoms with Crippen molar-refractivity contribution in [2.45, 2.75) is 26.7 Å². The second-order valence-corrected chi connectivity index (χ2v) is 8.03. The molecular weight excluding hydrogens is 384 g/mol. The van der Waals surface area contributed by atoms with Crippen molar-refractivity contribution >= 4 is 22.9 Å². The van der Waals surface area contributed by atoms with Gasteiger partial charge in [-0.1, -0.05) is 19.1 Å². The average molecular weight is 409 g/mol. The van der Waals surface area contributed by atoms with Gasteiger partial charge in [0.1, 0.15) is 11.5 Å². The minimum absolute atomic E-state index is 0.0311. The van der Waals surface area contributed by atoms with Crippen LogP contribution in [0.15, 0.2) is 47.8 Å². The number of amides is 1. The van der Waals surface area contributed by atoms with E-state index in [2.05, 4.69) is 24.0 Å². The van der Waals surface area contributed by atoms with Crippen molar-refractivity contribution in [2.24, 2.45) is 0 Å². The number of nitrogens with zero attached hydrogens (tertiary/aromatic N) is 2. The van der Waals surface area contributed by atoms with E-state index in [1.165, 1.54) is 5.56 Å². The van der Waals surface area contributed by atoms with E-state index in [4.69, 9.17) is 9.47 Å². The van der Waals surface area contributed by atoms with E-state index in [0.717, 1.165) is 46.3 Å². The summed E-state index contributed by atoms with van der Waals surface area (Å²) >= 11 is 1.62. The fourth-order valence-electron chi connectivity index (χ4n) is 3.34. The topological polar surface area (TPSA) is 51.7 Å². The molecule has 3 aromatic rings.